The van der Waals surface area contributed by atoms with Crippen molar-refractivity contribution in [3.05, 3.63) is 101 Å². The zero-order valence-electron chi connectivity index (χ0n) is 20.2. The number of likely N-dealkylation sites (tertiary alicyclic amines) is 1. The van der Waals surface area contributed by atoms with Crippen LogP contribution in [-0.4, -0.2) is 34.2 Å². The highest BCUT2D eigenvalue weighted by atomic mass is 35.5. The highest BCUT2D eigenvalue weighted by Crippen LogP contribution is 2.33. The zero-order valence-corrected chi connectivity index (χ0v) is 21.0. The monoisotopic (exact) mass is 488 g/mol. The minimum atomic E-state index is -0.574. The first-order valence-corrected chi connectivity index (χ1v) is 12.8. The minimum absolute atomic E-state index is 0.387. The predicted octanol–water partition coefficient (Wildman–Crippen LogP) is 6.40. The van der Waals surface area contributed by atoms with Crippen molar-refractivity contribution in [3.63, 3.8) is 0 Å². The Labute approximate surface area is 212 Å². The van der Waals surface area contributed by atoms with Crippen molar-refractivity contribution in [1.29, 1.82) is 0 Å². The molecule has 5 rings (SSSR count). The molecule has 2 heterocycles. The van der Waals surface area contributed by atoms with Crippen molar-refractivity contribution in [1.82, 2.24) is 9.47 Å². The zero-order chi connectivity index (χ0) is 24.2. The molecule has 4 nitrogen and oxygen atoms in total. The highest BCUT2D eigenvalue weighted by Gasteiger charge is 2.26. The molecule has 1 N–H and O–H groups in total. The van der Waals surface area contributed by atoms with E-state index in [4.69, 9.17) is 16.3 Å². The second-order valence-electron chi connectivity index (χ2n) is 9.63. The van der Waals surface area contributed by atoms with E-state index in [1.54, 1.807) is 0 Å². The molecule has 0 spiro atoms. The second-order valence-corrected chi connectivity index (χ2v) is 10.1. The summed E-state index contributed by atoms with van der Waals surface area (Å²) in [5.74, 6) is 1.48. The molecular weight excluding hydrogens is 456 g/mol. The summed E-state index contributed by atoms with van der Waals surface area (Å²) in [6.45, 7) is 3.07. The van der Waals surface area contributed by atoms with Gasteiger partial charge in [-0.1, -0.05) is 60.1 Å². The summed E-state index contributed by atoms with van der Waals surface area (Å²) in [7, 11) is 2.05. The molecule has 1 atom stereocenters. The maximum Gasteiger partial charge on any atom is 0.129 e. The van der Waals surface area contributed by atoms with Crippen LogP contribution in [0.25, 0.3) is 10.9 Å². The maximum atomic E-state index is 11.5. The molecule has 1 aliphatic heterocycles. The third-order valence-electron chi connectivity index (χ3n) is 7.30. The van der Waals surface area contributed by atoms with Crippen LogP contribution >= 0.6 is 11.6 Å². The number of halogens is 1. The third kappa shape index (κ3) is 5.56. The smallest absolute Gasteiger partial charge is 0.129 e. The fraction of sp³-hybridized carbons (Fsp3) is 0.333. The molecular formula is C30H33ClN2O2. The van der Waals surface area contributed by atoms with E-state index < -0.39 is 6.10 Å². The molecule has 0 amide bonds. The van der Waals surface area contributed by atoms with Crippen LogP contribution in [0.4, 0.5) is 0 Å². The number of fused-ring (bicyclic) bond motifs is 1. The van der Waals surface area contributed by atoms with E-state index in [0.717, 1.165) is 47.4 Å². The normalized spacial score (nSPS) is 16.0. The number of rotatable bonds is 8. The molecule has 3 aromatic carbocycles. The summed E-state index contributed by atoms with van der Waals surface area (Å²) in [6.07, 6.45) is 2.91. The Bertz CT molecular complexity index is 1240. The van der Waals surface area contributed by atoms with E-state index in [1.807, 2.05) is 43.4 Å². The average Bonchev–Trinajstić information content (AvgIpc) is 3.17. The second kappa shape index (κ2) is 10.9. The van der Waals surface area contributed by atoms with Gasteiger partial charge in [0, 0.05) is 35.1 Å². The van der Waals surface area contributed by atoms with Gasteiger partial charge in [-0.25, -0.2) is 0 Å². The number of ether oxygens (including phenoxy) is 1. The third-order valence-corrected chi connectivity index (χ3v) is 7.55. The van der Waals surface area contributed by atoms with Gasteiger partial charge < -0.3 is 19.3 Å². The first kappa shape index (κ1) is 23.9. The SMILES string of the molecule is Cn1c(COc2ccc(Cl)cc2)c(C(O)CN2CCC(Cc3ccccc3)CC2)c2ccccc21. The van der Waals surface area contributed by atoms with Crippen LogP contribution in [0, 0.1) is 5.92 Å². The molecule has 1 aliphatic rings. The van der Waals surface area contributed by atoms with Gasteiger partial charge >= 0.3 is 0 Å². The lowest BCUT2D eigenvalue weighted by Gasteiger charge is -2.33. The highest BCUT2D eigenvalue weighted by molar-refractivity contribution is 6.30. The Balaban J connectivity index is 1.28. The van der Waals surface area contributed by atoms with Gasteiger partial charge in [0.25, 0.3) is 0 Å². The van der Waals surface area contributed by atoms with Crippen LogP contribution in [-0.2, 0) is 20.1 Å². The van der Waals surface area contributed by atoms with Crippen molar-refractivity contribution < 1.29 is 9.84 Å². The van der Waals surface area contributed by atoms with Crippen molar-refractivity contribution in [2.75, 3.05) is 19.6 Å². The Morgan fingerprint density at radius 2 is 1.63 bits per heavy atom. The molecule has 1 fully saturated rings. The largest absolute Gasteiger partial charge is 0.487 e. The Hall–Kier alpha value is -2.79. The Morgan fingerprint density at radius 1 is 0.943 bits per heavy atom. The van der Waals surface area contributed by atoms with E-state index in [9.17, 15) is 5.11 Å². The molecule has 182 valence electrons. The van der Waals surface area contributed by atoms with Crippen LogP contribution < -0.4 is 4.74 Å². The number of aromatic nitrogens is 1. The van der Waals surface area contributed by atoms with Gasteiger partial charge in [0.05, 0.1) is 11.8 Å². The van der Waals surface area contributed by atoms with Gasteiger partial charge in [0.1, 0.15) is 12.4 Å². The Kier molecular flexibility index (Phi) is 7.43. The molecule has 0 saturated carbocycles. The number of piperidine rings is 1. The minimum Gasteiger partial charge on any atom is -0.487 e. The lowest BCUT2D eigenvalue weighted by molar-refractivity contribution is 0.0886. The summed E-state index contributed by atoms with van der Waals surface area (Å²) >= 11 is 6.02. The number of benzene rings is 3. The van der Waals surface area contributed by atoms with Crippen LogP contribution in [0.15, 0.2) is 78.9 Å². The predicted molar refractivity (Wildman–Crippen MR) is 143 cm³/mol. The Morgan fingerprint density at radius 3 is 2.37 bits per heavy atom. The number of hydrogen-bond acceptors (Lipinski definition) is 3. The summed E-state index contributed by atoms with van der Waals surface area (Å²) in [6, 6.07) is 26.5. The fourth-order valence-corrected chi connectivity index (χ4v) is 5.49. The molecule has 4 aromatic rings. The van der Waals surface area contributed by atoms with Crippen LogP contribution in [0.5, 0.6) is 5.75 Å². The topological polar surface area (TPSA) is 37.6 Å². The number of aliphatic hydroxyl groups excluding tert-OH is 1. The quantitative estimate of drug-likeness (QED) is 0.312. The maximum absolute atomic E-state index is 11.5. The number of β-amino-alcohol motifs (C(OH)–C–C–N with tert-alkyl or cyclic N) is 1. The lowest BCUT2D eigenvalue weighted by Crippen LogP contribution is -2.37. The molecule has 1 aromatic heterocycles. The van der Waals surface area contributed by atoms with E-state index in [1.165, 1.54) is 18.4 Å². The van der Waals surface area contributed by atoms with Gasteiger partial charge in [-0.05, 0) is 74.2 Å². The number of aliphatic hydroxyl groups is 1. The van der Waals surface area contributed by atoms with Crippen molar-refractivity contribution >= 4 is 22.5 Å². The standard InChI is InChI=1S/C30H33ClN2O2/c1-32-27-10-6-5-9-26(27)30(28(32)21-35-25-13-11-24(31)12-14-25)29(34)20-33-17-15-23(16-18-33)19-22-7-3-2-4-8-22/h2-14,23,29,34H,15-21H2,1H3. The lowest BCUT2D eigenvalue weighted by atomic mass is 9.90. The van der Waals surface area contributed by atoms with E-state index in [2.05, 4.69) is 51.9 Å². The molecule has 1 unspecified atom stereocenters. The van der Waals surface area contributed by atoms with Crippen molar-refractivity contribution in [3.8, 4) is 5.75 Å². The van der Waals surface area contributed by atoms with Crippen LogP contribution in [0.2, 0.25) is 5.02 Å². The molecule has 0 aliphatic carbocycles. The summed E-state index contributed by atoms with van der Waals surface area (Å²) in [5, 5.41) is 13.3. The van der Waals surface area contributed by atoms with Gasteiger partial charge in [0.2, 0.25) is 0 Å². The molecule has 1 saturated heterocycles. The van der Waals surface area contributed by atoms with Crippen molar-refractivity contribution in [2.45, 2.75) is 32.0 Å². The van der Waals surface area contributed by atoms with Gasteiger partial charge in [0.15, 0.2) is 0 Å². The van der Waals surface area contributed by atoms with Crippen LogP contribution in [0.3, 0.4) is 0 Å². The first-order chi connectivity index (χ1) is 17.1. The summed E-state index contributed by atoms with van der Waals surface area (Å²) < 4.78 is 8.25. The summed E-state index contributed by atoms with van der Waals surface area (Å²) in [4.78, 5) is 2.41. The van der Waals surface area contributed by atoms with E-state index in [-0.39, 0.29) is 0 Å². The van der Waals surface area contributed by atoms with Crippen molar-refractivity contribution in [2.24, 2.45) is 13.0 Å². The van der Waals surface area contributed by atoms with E-state index >= 15 is 0 Å². The molecule has 0 bridgehead atoms. The molecule has 0 radical (unpaired) electrons. The molecule has 35 heavy (non-hydrogen) atoms. The number of para-hydroxylation sites is 1. The van der Waals surface area contributed by atoms with Crippen LogP contribution in [0.1, 0.15) is 35.8 Å². The van der Waals surface area contributed by atoms with E-state index in [0.29, 0.717) is 24.1 Å². The average molecular weight is 489 g/mol. The number of nitrogens with zero attached hydrogens (tertiary/aromatic N) is 2. The van der Waals surface area contributed by atoms with Gasteiger partial charge in [-0.2, -0.15) is 0 Å². The summed E-state index contributed by atoms with van der Waals surface area (Å²) in [5.41, 5.74) is 4.51. The number of aryl methyl sites for hydroxylation is 1. The van der Waals surface area contributed by atoms with Gasteiger partial charge in [-0.15, -0.1) is 0 Å². The molecule has 5 heteroatoms. The number of hydrogen-bond donors (Lipinski definition) is 1. The first-order valence-electron chi connectivity index (χ1n) is 12.5. The van der Waals surface area contributed by atoms with Gasteiger partial charge in [-0.3, -0.25) is 0 Å². The fourth-order valence-electron chi connectivity index (χ4n) is 5.36.